The molecule has 0 amide bonds. The maximum Gasteiger partial charge on any atom is 0.339 e. The summed E-state index contributed by atoms with van der Waals surface area (Å²) < 4.78 is 17.9. The summed E-state index contributed by atoms with van der Waals surface area (Å²) >= 11 is 12.5. The van der Waals surface area contributed by atoms with E-state index in [-0.39, 0.29) is 12.1 Å². The van der Waals surface area contributed by atoms with Crippen molar-refractivity contribution in [2.45, 2.75) is 12.1 Å². The van der Waals surface area contributed by atoms with Crippen molar-refractivity contribution in [2.75, 3.05) is 32.3 Å². The zero-order valence-electron chi connectivity index (χ0n) is 21.4. The molecule has 1 saturated heterocycles. The van der Waals surface area contributed by atoms with E-state index in [9.17, 15) is 4.79 Å². The number of hydrogen-bond donors (Lipinski definition) is 1. The van der Waals surface area contributed by atoms with Gasteiger partial charge in [0.25, 0.3) is 0 Å². The summed E-state index contributed by atoms with van der Waals surface area (Å²) in [6, 6.07) is 22.1. The van der Waals surface area contributed by atoms with Gasteiger partial charge < -0.3 is 29.0 Å². The number of benzene rings is 2. The Morgan fingerprint density at radius 2 is 1.87 bits per heavy atom. The topological polar surface area (TPSA) is 77.9 Å². The molecule has 1 fully saturated rings. The predicted molar refractivity (Wildman–Crippen MR) is 154 cm³/mol. The van der Waals surface area contributed by atoms with Crippen molar-refractivity contribution in [3.05, 3.63) is 107 Å². The minimum Gasteiger partial charge on any atom is -0.490 e. The number of esters is 1. The SMILES string of the molecule is COCCOc1ccc(N2C(=S)N[C@@H](c3ccccn3)[C@H]2c2cccn2-c2ccccc2C(=O)OC)cc1Cl. The number of nitrogens with zero attached hydrogens (tertiary/aromatic N) is 3. The van der Waals surface area contributed by atoms with Crippen LogP contribution in [0.4, 0.5) is 5.69 Å². The average molecular weight is 563 g/mol. The molecule has 8 nitrogen and oxygen atoms in total. The summed E-state index contributed by atoms with van der Waals surface area (Å²) in [4.78, 5) is 19.3. The quantitative estimate of drug-likeness (QED) is 0.162. The van der Waals surface area contributed by atoms with Crippen LogP contribution in [0.1, 0.15) is 33.8 Å². The summed E-state index contributed by atoms with van der Waals surface area (Å²) in [5.74, 6) is 0.142. The normalized spacial score (nSPS) is 16.7. The Morgan fingerprint density at radius 1 is 1.05 bits per heavy atom. The number of para-hydroxylation sites is 1. The third-order valence-electron chi connectivity index (χ3n) is 6.49. The van der Waals surface area contributed by atoms with Crippen molar-refractivity contribution in [3.63, 3.8) is 0 Å². The van der Waals surface area contributed by atoms with Crippen LogP contribution in [-0.2, 0) is 9.47 Å². The molecule has 0 spiro atoms. The molecule has 2 atom stereocenters. The van der Waals surface area contributed by atoms with Gasteiger partial charge in [-0.15, -0.1) is 0 Å². The lowest BCUT2D eigenvalue weighted by Crippen LogP contribution is -2.30. The smallest absolute Gasteiger partial charge is 0.339 e. The zero-order chi connectivity index (χ0) is 27.4. The highest BCUT2D eigenvalue weighted by molar-refractivity contribution is 7.80. The van der Waals surface area contributed by atoms with Crippen molar-refractivity contribution < 1.29 is 19.0 Å². The summed E-state index contributed by atoms with van der Waals surface area (Å²) in [5, 5.41) is 4.44. The number of halogens is 1. The van der Waals surface area contributed by atoms with Crippen molar-refractivity contribution in [2.24, 2.45) is 0 Å². The van der Waals surface area contributed by atoms with E-state index in [0.717, 1.165) is 17.1 Å². The number of thiocarbonyl (C=S) groups is 1. The van der Waals surface area contributed by atoms with Gasteiger partial charge in [-0.05, 0) is 66.8 Å². The van der Waals surface area contributed by atoms with Crippen LogP contribution in [0.25, 0.3) is 5.69 Å². The molecule has 0 bridgehead atoms. The van der Waals surface area contributed by atoms with E-state index in [1.54, 1.807) is 19.4 Å². The number of hydrogen-bond acceptors (Lipinski definition) is 6. The molecule has 3 heterocycles. The fourth-order valence-corrected chi connectivity index (χ4v) is 5.32. The van der Waals surface area contributed by atoms with Gasteiger partial charge in [0.2, 0.25) is 0 Å². The van der Waals surface area contributed by atoms with E-state index in [4.69, 9.17) is 38.0 Å². The lowest BCUT2D eigenvalue weighted by Gasteiger charge is -2.29. The van der Waals surface area contributed by atoms with E-state index in [1.165, 1.54) is 7.11 Å². The third-order valence-corrected chi connectivity index (χ3v) is 7.10. The standard InChI is InChI=1S/C29H27ClN4O4S/c1-36-16-17-38-25-13-12-19(18-21(25)30)34-27(26(32-29(34)39)22-9-5-6-14-31-22)24-11-7-15-33(24)23-10-4-3-8-20(23)28(35)37-2/h3-15,18,26-27H,16-17H2,1-2H3,(H,32,39)/t26-,27+/m0/s1. The Morgan fingerprint density at radius 3 is 2.62 bits per heavy atom. The Labute approximate surface area is 237 Å². The lowest BCUT2D eigenvalue weighted by molar-refractivity contribution is 0.0600. The van der Waals surface area contributed by atoms with E-state index in [0.29, 0.717) is 40.3 Å². The van der Waals surface area contributed by atoms with Crippen LogP contribution in [0.2, 0.25) is 5.02 Å². The average Bonchev–Trinajstić information content (AvgIpc) is 3.58. The molecule has 0 radical (unpaired) electrons. The molecule has 10 heteroatoms. The van der Waals surface area contributed by atoms with Crippen LogP contribution in [0, 0.1) is 0 Å². The first-order chi connectivity index (χ1) is 19.0. The first-order valence-electron chi connectivity index (χ1n) is 12.3. The summed E-state index contributed by atoms with van der Waals surface area (Å²) in [6.45, 7) is 0.840. The minimum atomic E-state index is -0.417. The largest absolute Gasteiger partial charge is 0.490 e. The molecule has 1 aliphatic rings. The number of nitrogens with one attached hydrogen (secondary N) is 1. The molecule has 5 rings (SSSR count). The lowest BCUT2D eigenvalue weighted by atomic mass is 10.0. The maximum atomic E-state index is 12.6. The zero-order valence-corrected chi connectivity index (χ0v) is 23.0. The van der Waals surface area contributed by atoms with Gasteiger partial charge in [0.1, 0.15) is 18.4 Å². The monoisotopic (exact) mass is 562 g/mol. The second-order valence-corrected chi connectivity index (χ2v) is 9.56. The van der Waals surface area contributed by atoms with Crippen LogP contribution in [0.3, 0.4) is 0 Å². The molecular formula is C29H27ClN4O4S. The van der Waals surface area contributed by atoms with Crippen LogP contribution in [-0.4, -0.2) is 48.1 Å². The summed E-state index contributed by atoms with van der Waals surface area (Å²) in [5.41, 5.74) is 3.65. The molecule has 39 heavy (non-hydrogen) atoms. The minimum absolute atomic E-state index is 0.283. The fourth-order valence-electron chi connectivity index (χ4n) is 4.75. The van der Waals surface area contributed by atoms with Gasteiger partial charge in [0, 0.05) is 30.9 Å². The molecule has 1 N–H and O–H groups in total. The second kappa shape index (κ2) is 11.9. The predicted octanol–water partition coefficient (Wildman–Crippen LogP) is 5.51. The van der Waals surface area contributed by atoms with Crippen LogP contribution in [0.5, 0.6) is 5.75 Å². The number of pyridine rings is 1. The molecule has 1 aliphatic heterocycles. The Balaban J connectivity index is 1.62. The summed E-state index contributed by atoms with van der Waals surface area (Å²) in [6.07, 6.45) is 3.68. The number of aromatic nitrogens is 2. The third kappa shape index (κ3) is 5.34. The van der Waals surface area contributed by atoms with Crippen molar-refractivity contribution >= 4 is 40.6 Å². The first kappa shape index (κ1) is 26.7. The maximum absolute atomic E-state index is 12.6. The molecular weight excluding hydrogens is 536 g/mol. The fraction of sp³-hybridized carbons (Fsp3) is 0.207. The van der Waals surface area contributed by atoms with E-state index >= 15 is 0 Å². The van der Waals surface area contributed by atoms with Crippen LogP contribution in [0.15, 0.2) is 85.2 Å². The van der Waals surface area contributed by atoms with E-state index in [2.05, 4.69) is 10.3 Å². The van der Waals surface area contributed by atoms with Gasteiger partial charge in [0.05, 0.1) is 41.7 Å². The molecule has 4 aromatic rings. The van der Waals surface area contributed by atoms with E-state index in [1.807, 2.05) is 82.4 Å². The Hall–Kier alpha value is -3.92. The number of ether oxygens (including phenoxy) is 3. The van der Waals surface area contributed by atoms with Crippen molar-refractivity contribution in [3.8, 4) is 11.4 Å². The second-order valence-electron chi connectivity index (χ2n) is 8.76. The van der Waals surface area contributed by atoms with Gasteiger partial charge in [0.15, 0.2) is 5.11 Å². The van der Waals surface area contributed by atoms with Gasteiger partial charge in [-0.3, -0.25) is 4.98 Å². The Bertz CT molecular complexity index is 1480. The molecule has 2 aromatic heterocycles. The van der Waals surface area contributed by atoms with Gasteiger partial charge in [-0.1, -0.05) is 29.8 Å². The molecule has 2 aromatic carbocycles. The Kier molecular flexibility index (Phi) is 8.11. The van der Waals surface area contributed by atoms with Crippen LogP contribution >= 0.6 is 23.8 Å². The number of anilines is 1. The molecule has 0 saturated carbocycles. The molecule has 0 unspecified atom stereocenters. The summed E-state index contributed by atoms with van der Waals surface area (Å²) in [7, 11) is 2.99. The molecule has 0 aliphatic carbocycles. The highest BCUT2D eigenvalue weighted by atomic mass is 35.5. The van der Waals surface area contributed by atoms with Crippen LogP contribution < -0.4 is 15.0 Å². The van der Waals surface area contributed by atoms with Gasteiger partial charge >= 0.3 is 5.97 Å². The number of methoxy groups -OCH3 is 2. The number of carbonyl (C=O) groups excluding carboxylic acids is 1. The molecule has 200 valence electrons. The van der Waals surface area contributed by atoms with Crippen molar-refractivity contribution in [1.82, 2.24) is 14.9 Å². The highest BCUT2D eigenvalue weighted by Gasteiger charge is 2.42. The van der Waals surface area contributed by atoms with Gasteiger partial charge in [-0.25, -0.2) is 4.79 Å². The number of carbonyl (C=O) groups is 1. The van der Waals surface area contributed by atoms with Gasteiger partial charge in [-0.2, -0.15) is 0 Å². The first-order valence-corrected chi connectivity index (χ1v) is 13.1. The van der Waals surface area contributed by atoms with Crippen molar-refractivity contribution in [1.29, 1.82) is 0 Å². The van der Waals surface area contributed by atoms with E-state index < -0.39 is 5.97 Å². The highest BCUT2D eigenvalue weighted by Crippen LogP contribution is 2.43. The number of rotatable bonds is 9.